The lowest BCUT2D eigenvalue weighted by Gasteiger charge is -2.26. The summed E-state index contributed by atoms with van der Waals surface area (Å²) in [5.41, 5.74) is 3.77. The number of alkyl halides is 1. The van der Waals surface area contributed by atoms with Crippen LogP contribution in [0.4, 0.5) is 0 Å². The Hall–Kier alpha value is -0.210. The Morgan fingerprint density at radius 1 is 1.29 bits per heavy atom. The van der Waals surface area contributed by atoms with Gasteiger partial charge in [0, 0.05) is 10.0 Å². The lowest BCUT2D eigenvalue weighted by Crippen LogP contribution is -2.13. The molecule has 3 heteroatoms. The van der Waals surface area contributed by atoms with Crippen molar-refractivity contribution in [3.8, 4) is 5.75 Å². The minimum Gasteiger partial charge on any atom is -0.496 e. The Morgan fingerprint density at radius 3 is 2.33 bits per heavy atom. The molecule has 1 aromatic rings. The van der Waals surface area contributed by atoms with Crippen molar-refractivity contribution in [2.24, 2.45) is 11.3 Å². The predicted octanol–water partition coefficient (Wildman–Crippen LogP) is 6.82. The van der Waals surface area contributed by atoms with E-state index in [1.807, 2.05) is 0 Å². The van der Waals surface area contributed by atoms with Gasteiger partial charge in [-0.2, -0.15) is 0 Å². The van der Waals surface area contributed by atoms with Crippen molar-refractivity contribution in [3.05, 3.63) is 27.2 Å². The molecule has 0 bridgehead atoms. The molecule has 120 valence electrons. The van der Waals surface area contributed by atoms with Gasteiger partial charge < -0.3 is 4.74 Å². The SMILES string of the molecule is COc1c(C)cc(Br)c(C)c1C(Cl)CC(C)CC(C)(C)C. The Morgan fingerprint density at radius 2 is 1.86 bits per heavy atom. The Balaban J connectivity index is 3.04. The van der Waals surface area contributed by atoms with E-state index in [0.29, 0.717) is 11.3 Å². The molecule has 0 aliphatic heterocycles. The van der Waals surface area contributed by atoms with Gasteiger partial charge in [0.1, 0.15) is 5.75 Å². The fourth-order valence-corrected chi connectivity index (χ4v) is 4.25. The molecule has 0 aliphatic rings. The number of hydrogen-bond donors (Lipinski definition) is 0. The Labute approximate surface area is 143 Å². The number of methoxy groups -OCH3 is 1. The van der Waals surface area contributed by atoms with Gasteiger partial charge in [-0.25, -0.2) is 0 Å². The van der Waals surface area contributed by atoms with Gasteiger partial charge in [0.2, 0.25) is 0 Å². The number of rotatable bonds is 5. The van der Waals surface area contributed by atoms with E-state index in [0.717, 1.165) is 27.8 Å². The van der Waals surface area contributed by atoms with E-state index >= 15 is 0 Å². The molecule has 0 aromatic heterocycles. The second kappa shape index (κ2) is 7.37. The lowest BCUT2D eigenvalue weighted by atomic mass is 9.82. The molecule has 0 aliphatic carbocycles. The smallest absolute Gasteiger partial charge is 0.126 e. The van der Waals surface area contributed by atoms with Gasteiger partial charge >= 0.3 is 0 Å². The maximum absolute atomic E-state index is 6.76. The van der Waals surface area contributed by atoms with E-state index < -0.39 is 0 Å². The highest BCUT2D eigenvalue weighted by Gasteiger charge is 2.24. The summed E-state index contributed by atoms with van der Waals surface area (Å²) in [4.78, 5) is 0. The molecule has 0 saturated heterocycles. The maximum Gasteiger partial charge on any atom is 0.126 e. The zero-order valence-electron chi connectivity index (χ0n) is 14.3. The molecule has 0 heterocycles. The highest BCUT2D eigenvalue weighted by molar-refractivity contribution is 9.10. The zero-order valence-corrected chi connectivity index (χ0v) is 16.7. The van der Waals surface area contributed by atoms with E-state index in [4.69, 9.17) is 16.3 Å². The van der Waals surface area contributed by atoms with Crippen molar-refractivity contribution in [1.29, 1.82) is 0 Å². The summed E-state index contributed by atoms with van der Waals surface area (Å²) in [7, 11) is 1.72. The van der Waals surface area contributed by atoms with Crippen LogP contribution in [0.5, 0.6) is 5.75 Å². The van der Waals surface area contributed by atoms with Crippen molar-refractivity contribution < 1.29 is 4.74 Å². The summed E-state index contributed by atoms with van der Waals surface area (Å²) in [6.45, 7) is 13.3. The van der Waals surface area contributed by atoms with E-state index in [2.05, 4.69) is 63.5 Å². The average molecular weight is 376 g/mol. The van der Waals surface area contributed by atoms with E-state index in [9.17, 15) is 0 Å². The number of benzene rings is 1. The standard InChI is InChI=1S/C18H28BrClO/c1-11(10-18(4,5)6)8-15(20)16-13(3)14(19)9-12(2)17(16)21-7/h9,11,15H,8,10H2,1-7H3. The molecule has 0 amide bonds. The second-order valence-corrected chi connectivity index (χ2v) is 8.70. The molecule has 0 fully saturated rings. The lowest BCUT2D eigenvalue weighted by molar-refractivity contribution is 0.294. The van der Waals surface area contributed by atoms with Gasteiger partial charge in [-0.15, -0.1) is 11.6 Å². The third-order valence-corrected chi connectivity index (χ3v) is 5.02. The minimum atomic E-state index is -0.0199. The van der Waals surface area contributed by atoms with Crippen molar-refractivity contribution in [2.75, 3.05) is 7.11 Å². The van der Waals surface area contributed by atoms with Crippen molar-refractivity contribution >= 4 is 27.5 Å². The van der Waals surface area contributed by atoms with Gasteiger partial charge in [0.25, 0.3) is 0 Å². The topological polar surface area (TPSA) is 9.23 Å². The van der Waals surface area contributed by atoms with Crippen LogP contribution in [0.25, 0.3) is 0 Å². The first-order valence-electron chi connectivity index (χ1n) is 7.54. The van der Waals surface area contributed by atoms with Gasteiger partial charge in [0.15, 0.2) is 0 Å². The summed E-state index contributed by atoms with van der Waals surface area (Å²) >= 11 is 10.4. The highest BCUT2D eigenvalue weighted by Crippen LogP contribution is 2.42. The van der Waals surface area contributed by atoms with E-state index in [1.54, 1.807) is 7.11 Å². The van der Waals surface area contributed by atoms with Gasteiger partial charge in [-0.1, -0.05) is 43.6 Å². The quantitative estimate of drug-likeness (QED) is 0.513. The number of ether oxygens (including phenoxy) is 1. The van der Waals surface area contributed by atoms with Crippen LogP contribution < -0.4 is 4.74 Å². The molecule has 0 saturated carbocycles. The maximum atomic E-state index is 6.76. The summed E-state index contributed by atoms with van der Waals surface area (Å²) < 4.78 is 6.71. The third-order valence-electron chi connectivity index (χ3n) is 3.80. The molecule has 0 spiro atoms. The fourth-order valence-electron chi connectivity index (χ4n) is 3.12. The monoisotopic (exact) mass is 374 g/mol. The summed E-state index contributed by atoms with van der Waals surface area (Å²) in [6.07, 6.45) is 2.14. The number of aryl methyl sites for hydroxylation is 1. The van der Waals surface area contributed by atoms with Crippen LogP contribution in [0.15, 0.2) is 10.5 Å². The Bertz CT molecular complexity index is 491. The van der Waals surface area contributed by atoms with E-state index in [-0.39, 0.29) is 5.38 Å². The first-order chi connectivity index (χ1) is 9.56. The highest BCUT2D eigenvalue weighted by atomic mass is 79.9. The molecule has 1 rings (SSSR count). The number of hydrogen-bond acceptors (Lipinski definition) is 1. The van der Waals surface area contributed by atoms with Crippen molar-refractivity contribution in [3.63, 3.8) is 0 Å². The first-order valence-corrected chi connectivity index (χ1v) is 8.77. The minimum absolute atomic E-state index is 0.0199. The van der Waals surface area contributed by atoms with Gasteiger partial charge in [0.05, 0.1) is 12.5 Å². The van der Waals surface area contributed by atoms with Crippen LogP contribution in [0.1, 0.15) is 62.6 Å². The second-order valence-electron chi connectivity index (χ2n) is 7.32. The van der Waals surface area contributed by atoms with Crippen molar-refractivity contribution in [1.82, 2.24) is 0 Å². The van der Waals surface area contributed by atoms with Crippen LogP contribution in [-0.2, 0) is 0 Å². The summed E-state index contributed by atoms with van der Waals surface area (Å²) in [5, 5.41) is -0.0199. The normalized spacial score (nSPS) is 14.9. The van der Waals surface area contributed by atoms with Crippen LogP contribution in [0.2, 0.25) is 0 Å². The predicted molar refractivity (Wildman–Crippen MR) is 96.6 cm³/mol. The van der Waals surface area contributed by atoms with Crippen LogP contribution in [-0.4, -0.2) is 7.11 Å². The first kappa shape index (κ1) is 18.8. The third kappa shape index (κ3) is 5.17. The molecule has 0 N–H and O–H groups in total. The van der Waals surface area contributed by atoms with E-state index in [1.165, 1.54) is 12.0 Å². The molecule has 1 nitrogen and oxygen atoms in total. The zero-order chi connectivity index (χ0) is 16.4. The fraction of sp³-hybridized carbons (Fsp3) is 0.667. The summed E-state index contributed by atoms with van der Waals surface area (Å²) in [5.74, 6) is 1.51. The molecule has 2 unspecified atom stereocenters. The molecule has 21 heavy (non-hydrogen) atoms. The van der Waals surface area contributed by atoms with Crippen LogP contribution >= 0.6 is 27.5 Å². The molecule has 0 radical (unpaired) electrons. The van der Waals surface area contributed by atoms with Crippen LogP contribution in [0.3, 0.4) is 0 Å². The largest absolute Gasteiger partial charge is 0.496 e. The van der Waals surface area contributed by atoms with Crippen molar-refractivity contribution in [2.45, 2.75) is 59.8 Å². The van der Waals surface area contributed by atoms with Gasteiger partial charge in [-0.05, 0) is 55.2 Å². The Kier molecular flexibility index (Phi) is 6.61. The molecule has 2 atom stereocenters. The summed E-state index contributed by atoms with van der Waals surface area (Å²) in [6, 6.07) is 2.10. The van der Waals surface area contributed by atoms with Gasteiger partial charge in [-0.3, -0.25) is 0 Å². The average Bonchev–Trinajstić information content (AvgIpc) is 2.30. The number of halogens is 2. The molecule has 1 aromatic carbocycles. The molecular formula is C18H28BrClO. The van der Waals surface area contributed by atoms with Crippen LogP contribution in [0, 0.1) is 25.2 Å². The molecular weight excluding hydrogens is 348 g/mol.